The number of likely N-dealkylation sites (N-methyl/N-ethyl adjacent to an activating group) is 1. The van der Waals surface area contributed by atoms with Crippen LogP contribution in [-0.4, -0.2) is 54.0 Å². The lowest BCUT2D eigenvalue weighted by Gasteiger charge is -2.20. The van der Waals surface area contributed by atoms with Gasteiger partial charge >= 0.3 is 0 Å². The van der Waals surface area contributed by atoms with Crippen molar-refractivity contribution in [2.24, 2.45) is 0 Å². The van der Waals surface area contributed by atoms with E-state index in [1.807, 2.05) is 4.90 Å². The van der Waals surface area contributed by atoms with Crippen LogP contribution in [0, 0.1) is 0 Å². The molecule has 1 aliphatic rings. The van der Waals surface area contributed by atoms with E-state index in [1.54, 1.807) is 7.05 Å². The minimum absolute atomic E-state index is 0.0418. The van der Waals surface area contributed by atoms with Crippen LogP contribution in [0.25, 0.3) is 0 Å². The van der Waals surface area contributed by atoms with Crippen molar-refractivity contribution < 1.29 is 9.59 Å². The summed E-state index contributed by atoms with van der Waals surface area (Å²) in [6.45, 7) is 1.85. The highest BCUT2D eigenvalue weighted by Gasteiger charge is 2.20. The molecule has 4 nitrogen and oxygen atoms in total. The van der Waals surface area contributed by atoms with Gasteiger partial charge in [0.1, 0.15) is 0 Å². The molecule has 0 bridgehead atoms. The van der Waals surface area contributed by atoms with Crippen molar-refractivity contribution in [2.75, 3.05) is 32.4 Å². The number of hydrogen-bond acceptors (Lipinski definition) is 3. The summed E-state index contributed by atoms with van der Waals surface area (Å²) in [6.07, 6.45) is 2.16. The molecule has 0 atom stereocenters. The van der Waals surface area contributed by atoms with Crippen LogP contribution in [0.5, 0.6) is 0 Å². The van der Waals surface area contributed by atoms with E-state index in [9.17, 15) is 9.59 Å². The van der Waals surface area contributed by atoms with Crippen LogP contribution in [0.15, 0.2) is 0 Å². The molecule has 1 saturated heterocycles. The molecule has 1 heterocycles. The van der Waals surface area contributed by atoms with Crippen LogP contribution in [-0.2, 0) is 9.59 Å². The number of nitrogens with zero attached hydrogens (tertiary/aromatic N) is 2. The highest BCUT2D eigenvalue weighted by Crippen LogP contribution is 2.07. The largest absolute Gasteiger partial charge is 0.341 e. The Hall–Kier alpha value is -0.710. The zero-order valence-corrected chi connectivity index (χ0v) is 9.30. The number of hydrogen-bond donors (Lipinski definition) is 1. The maximum absolute atomic E-state index is 11.6. The third-order valence-corrected chi connectivity index (χ3v) is 2.66. The van der Waals surface area contributed by atoms with Gasteiger partial charge in [-0.05, 0) is 12.8 Å². The number of likely N-dealkylation sites (tertiary alicyclic amines) is 1. The predicted octanol–water partition coefficient (Wildman–Crippen LogP) is -0.00300. The fourth-order valence-electron chi connectivity index (χ4n) is 1.48. The van der Waals surface area contributed by atoms with Crippen LogP contribution in [0.1, 0.15) is 12.8 Å². The van der Waals surface area contributed by atoms with Gasteiger partial charge in [-0.2, -0.15) is 12.6 Å². The molecule has 0 aromatic rings. The highest BCUT2D eigenvalue weighted by molar-refractivity contribution is 7.81. The normalized spacial score (nSPS) is 15.7. The van der Waals surface area contributed by atoms with Gasteiger partial charge in [0.2, 0.25) is 11.8 Å². The molecule has 0 saturated carbocycles. The molecule has 0 aromatic carbocycles. The molecule has 5 heteroatoms. The van der Waals surface area contributed by atoms with Crippen LogP contribution in [0.3, 0.4) is 0 Å². The second-order valence-electron chi connectivity index (χ2n) is 3.50. The number of carbonyl (C=O) groups is 2. The molecule has 14 heavy (non-hydrogen) atoms. The summed E-state index contributed by atoms with van der Waals surface area (Å²) < 4.78 is 0. The van der Waals surface area contributed by atoms with Crippen LogP contribution < -0.4 is 0 Å². The topological polar surface area (TPSA) is 40.6 Å². The van der Waals surface area contributed by atoms with Gasteiger partial charge in [-0.25, -0.2) is 0 Å². The van der Waals surface area contributed by atoms with Gasteiger partial charge in [-0.3, -0.25) is 9.59 Å². The van der Waals surface area contributed by atoms with Crippen LogP contribution >= 0.6 is 12.6 Å². The number of amides is 2. The van der Waals surface area contributed by atoms with Crippen LogP contribution in [0.2, 0.25) is 0 Å². The second-order valence-corrected chi connectivity index (χ2v) is 3.81. The average Bonchev–Trinajstić information content (AvgIpc) is 2.69. The number of rotatable bonds is 3. The summed E-state index contributed by atoms with van der Waals surface area (Å²) in [5.41, 5.74) is 0. The van der Waals surface area contributed by atoms with Crippen molar-refractivity contribution in [2.45, 2.75) is 12.8 Å². The Labute approximate surface area is 89.7 Å². The van der Waals surface area contributed by atoms with Crippen molar-refractivity contribution in [1.29, 1.82) is 0 Å². The smallest absolute Gasteiger partial charge is 0.242 e. The molecule has 1 aliphatic heterocycles. The predicted molar refractivity (Wildman–Crippen MR) is 57.3 cm³/mol. The lowest BCUT2D eigenvalue weighted by atomic mass is 10.4. The Balaban J connectivity index is 2.35. The first-order valence-corrected chi connectivity index (χ1v) is 5.41. The molecular formula is C9H16N2O2S. The summed E-state index contributed by atoms with van der Waals surface area (Å²) >= 11 is 3.87. The summed E-state index contributed by atoms with van der Waals surface area (Å²) in [4.78, 5) is 26.0. The van der Waals surface area contributed by atoms with Gasteiger partial charge in [0.15, 0.2) is 0 Å². The Morgan fingerprint density at radius 1 is 1.36 bits per heavy atom. The lowest BCUT2D eigenvalue weighted by Crippen LogP contribution is -2.40. The van der Waals surface area contributed by atoms with Crippen molar-refractivity contribution >= 4 is 24.4 Å². The quantitative estimate of drug-likeness (QED) is 0.674. The summed E-state index contributed by atoms with van der Waals surface area (Å²) in [5, 5.41) is 0. The Bertz CT molecular complexity index is 227. The van der Waals surface area contributed by atoms with Crippen LogP contribution in [0.4, 0.5) is 0 Å². The minimum Gasteiger partial charge on any atom is -0.341 e. The van der Waals surface area contributed by atoms with E-state index < -0.39 is 0 Å². The zero-order chi connectivity index (χ0) is 10.6. The van der Waals surface area contributed by atoms with Gasteiger partial charge in [-0.15, -0.1) is 0 Å². The molecule has 2 amide bonds. The molecule has 0 radical (unpaired) electrons. The molecular weight excluding hydrogens is 200 g/mol. The lowest BCUT2D eigenvalue weighted by molar-refractivity contribution is -0.137. The fourth-order valence-corrected chi connectivity index (χ4v) is 1.72. The van der Waals surface area contributed by atoms with Gasteiger partial charge in [0.05, 0.1) is 12.3 Å². The van der Waals surface area contributed by atoms with Gasteiger partial charge in [0, 0.05) is 20.1 Å². The maximum Gasteiger partial charge on any atom is 0.242 e. The van der Waals surface area contributed by atoms with E-state index in [0.29, 0.717) is 0 Å². The number of thiol groups is 1. The number of carbonyl (C=O) groups excluding carboxylic acids is 2. The van der Waals surface area contributed by atoms with E-state index in [2.05, 4.69) is 12.6 Å². The van der Waals surface area contributed by atoms with Gasteiger partial charge < -0.3 is 9.80 Å². The molecule has 0 N–H and O–H groups in total. The average molecular weight is 216 g/mol. The van der Waals surface area contributed by atoms with Gasteiger partial charge in [-0.1, -0.05) is 0 Å². The monoisotopic (exact) mass is 216 g/mol. The maximum atomic E-state index is 11.6. The third-order valence-electron chi connectivity index (χ3n) is 2.39. The molecule has 0 aliphatic carbocycles. The summed E-state index contributed by atoms with van der Waals surface area (Å²) in [6, 6.07) is 0. The van der Waals surface area contributed by atoms with Gasteiger partial charge in [0.25, 0.3) is 0 Å². The SMILES string of the molecule is CN(CC(=O)N1CCCC1)C(=O)CS. The zero-order valence-electron chi connectivity index (χ0n) is 8.40. The minimum atomic E-state index is -0.110. The third kappa shape index (κ3) is 2.90. The van der Waals surface area contributed by atoms with Crippen molar-refractivity contribution in [3.05, 3.63) is 0 Å². The van der Waals surface area contributed by atoms with E-state index in [0.717, 1.165) is 25.9 Å². The van der Waals surface area contributed by atoms with E-state index in [4.69, 9.17) is 0 Å². The second kappa shape index (κ2) is 5.24. The molecule has 80 valence electrons. The highest BCUT2D eigenvalue weighted by atomic mass is 32.1. The van der Waals surface area contributed by atoms with E-state index in [-0.39, 0.29) is 24.1 Å². The first-order valence-electron chi connectivity index (χ1n) is 4.77. The Morgan fingerprint density at radius 3 is 2.43 bits per heavy atom. The van der Waals surface area contributed by atoms with Crippen molar-refractivity contribution in [3.63, 3.8) is 0 Å². The first kappa shape index (κ1) is 11.4. The molecule has 0 unspecified atom stereocenters. The molecule has 0 aromatic heterocycles. The van der Waals surface area contributed by atoms with E-state index in [1.165, 1.54) is 4.90 Å². The van der Waals surface area contributed by atoms with Crippen molar-refractivity contribution in [1.82, 2.24) is 9.80 Å². The summed E-state index contributed by atoms with van der Waals surface area (Å²) in [7, 11) is 1.63. The molecule has 1 fully saturated rings. The fraction of sp³-hybridized carbons (Fsp3) is 0.778. The molecule has 0 spiro atoms. The Morgan fingerprint density at radius 2 is 1.93 bits per heavy atom. The van der Waals surface area contributed by atoms with Crippen molar-refractivity contribution in [3.8, 4) is 0 Å². The standard InChI is InChI=1S/C9H16N2O2S/c1-10(9(13)7-14)6-8(12)11-4-2-3-5-11/h14H,2-7H2,1H3. The summed E-state index contributed by atoms with van der Waals surface area (Å²) in [5.74, 6) is 0.0880. The van der Waals surface area contributed by atoms with E-state index >= 15 is 0 Å². The first-order chi connectivity index (χ1) is 6.65. The molecule has 1 rings (SSSR count). The Kier molecular flexibility index (Phi) is 4.25.